The molecule has 0 saturated carbocycles. The molecule has 0 aliphatic heterocycles. The first-order valence-corrected chi connectivity index (χ1v) is 6.73. The van der Waals surface area contributed by atoms with Crippen LogP contribution in [-0.4, -0.2) is 7.05 Å². The minimum absolute atomic E-state index is 0.582. The van der Waals surface area contributed by atoms with Gasteiger partial charge in [0.15, 0.2) is 0 Å². The lowest BCUT2D eigenvalue weighted by molar-refractivity contribution is 0.915. The van der Waals surface area contributed by atoms with Crippen molar-refractivity contribution >= 4 is 17.3 Å². The van der Waals surface area contributed by atoms with E-state index in [1.165, 1.54) is 16.8 Å². The van der Waals surface area contributed by atoms with Crippen LogP contribution in [0.4, 0.5) is 5.69 Å². The van der Waals surface area contributed by atoms with E-state index in [1.807, 2.05) is 18.2 Å². The first-order chi connectivity index (χ1) is 9.10. The number of halogens is 1. The van der Waals surface area contributed by atoms with Crippen molar-refractivity contribution in [2.45, 2.75) is 20.0 Å². The zero-order valence-electron chi connectivity index (χ0n) is 11.4. The molecule has 0 atom stereocenters. The van der Waals surface area contributed by atoms with Crippen LogP contribution in [0.5, 0.6) is 0 Å². The molecule has 2 aromatic carbocycles. The first kappa shape index (κ1) is 13.9. The van der Waals surface area contributed by atoms with E-state index in [2.05, 4.69) is 43.1 Å². The average molecular weight is 275 g/mol. The first-order valence-electron chi connectivity index (χ1n) is 6.35. The minimum Gasteiger partial charge on any atom is -0.370 e. The Morgan fingerprint density at radius 3 is 2.53 bits per heavy atom. The Morgan fingerprint density at radius 1 is 1.11 bits per heavy atom. The predicted octanol–water partition coefficient (Wildman–Crippen LogP) is 3.74. The maximum absolute atomic E-state index is 6.01. The largest absolute Gasteiger partial charge is 0.370 e. The summed E-state index contributed by atoms with van der Waals surface area (Å²) in [5, 5.41) is 0.779. The molecule has 2 nitrogen and oxygen atoms in total. The van der Waals surface area contributed by atoms with Crippen molar-refractivity contribution < 1.29 is 0 Å². The molecule has 0 aliphatic rings. The van der Waals surface area contributed by atoms with Gasteiger partial charge in [-0.1, -0.05) is 35.9 Å². The summed E-state index contributed by atoms with van der Waals surface area (Å²) >= 11 is 6.01. The van der Waals surface area contributed by atoms with Gasteiger partial charge < -0.3 is 10.6 Å². The molecule has 0 radical (unpaired) electrons. The molecule has 0 unspecified atom stereocenters. The molecule has 3 heteroatoms. The van der Waals surface area contributed by atoms with Crippen LogP contribution in [-0.2, 0) is 13.1 Å². The number of anilines is 1. The molecule has 2 aromatic rings. The van der Waals surface area contributed by atoms with Gasteiger partial charge in [-0.05, 0) is 41.8 Å². The molecule has 0 heterocycles. The molecule has 0 saturated heterocycles. The van der Waals surface area contributed by atoms with Crippen molar-refractivity contribution in [3.8, 4) is 0 Å². The van der Waals surface area contributed by atoms with Crippen LogP contribution in [0.15, 0.2) is 42.5 Å². The summed E-state index contributed by atoms with van der Waals surface area (Å²) in [7, 11) is 2.09. The maximum Gasteiger partial charge on any atom is 0.0426 e. The average Bonchev–Trinajstić information content (AvgIpc) is 2.38. The van der Waals surface area contributed by atoms with Crippen molar-refractivity contribution in [2.24, 2.45) is 5.73 Å². The molecule has 2 rings (SSSR count). The summed E-state index contributed by atoms with van der Waals surface area (Å²) in [4.78, 5) is 2.22. The number of nitrogens with two attached hydrogens (primary N) is 1. The lowest BCUT2D eigenvalue weighted by Gasteiger charge is -2.22. The fourth-order valence-electron chi connectivity index (χ4n) is 2.27. The van der Waals surface area contributed by atoms with Crippen molar-refractivity contribution in [3.05, 3.63) is 64.2 Å². The molecule has 0 aromatic heterocycles. The Kier molecular flexibility index (Phi) is 4.46. The van der Waals surface area contributed by atoms with Crippen LogP contribution in [0.1, 0.15) is 16.7 Å². The monoisotopic (exact) mass is 274 g/mol. The Hall–Kier alpha value is -1.51. The van der Waals surface area contributed by atoms with Gasteiger partial charge in [-0.3, -0.25) is 0 Å². The van der Waals surface area contributed by atoms with Crippen LogP contribution in [0.25, 0.3) is 0 Å². The zero-order valence-corrected chi connectivity index (χ0v) is 12.1. The Morgan fingerprint density at radius 2 is 1.89 bits per heavy atom. The third-order valence-corrected chi connectivity index (χ3v) is 3.45. The molecular formula is C16H19ClN2. The molecule has 0 bridgehead atoms. The van der Waals surface area contributed by atoms with E-state index in [0.717, 1.165) is 17.1 Å². The predicted molar refractivity (Wildman–Crippen MR) is 82.6 cm³/mol. The lowest BCUT2D eigenvalue weighted by atomic mass is 10.1. The third-order valence-electron chi connectivity index (χ3n) is 3.22. The molecule has 0 aliphatic carbocycles. The summed E-state index contributed by atoms with van der Waals surface area (Å²) in [6, 6.07) is 14.3. The highest BCUT2D eigenvalue weighted by Crippen LogP contribution is 2.22. The second-order valence-corrected chi connectivity index (χ2v) is 5.25. The molecular weight excluding hydrogens is 256 g/mol. The lowest BCUT2D eigenvalue weighted by Crippen LogP contribution is -2.17. The van der Waals surface area contributed by atoms with E-state index < -0.39 is 0 Å². The van der Waals surface area contributed by atoms with E-state index in [-0.39, 0.29) is 0 Å². The fraction of sp³-hybridized carbons (Fsp3) is 0.250. The topological polar surface area (TPSA) is 29.3 Å². The summed E-state index contributed by atoms with van der Waals surface area (Å²) in [6.07, 6.45) is 0. The van der Waals surface area contributed by atoms with Gasteiger partial charge >= 0.3 is 0 Å². The smallest absolute Gasteiger partial charge is 0.0426 e. The van der Waals surface area contributed by atoms with Crippen LogP contribution in [0.2, 0.25) is 5.02 Å². The van der Waals surface area contributed by atoms with Crippen LogP contribution in [0.3, 0.4) is 0 Å². The number of nitrogens with zero attached hydrogens (tertiary/aromatic N) is 1. The van der Waals surface area contributed by atoms with Gasteiger partial charge in [-0.25, -0.2) is 0 Å². The van der Waals surface area contributed by atoms with Crippen molar-refractivity contribution in [2.75, 3.05) is 11.9 Å². The van der Waals surface area contributed by atoms with Gasteiger partial charge in [0.25, 0.3) is 0 Å². The van der Waals surface area contributed by atoms with Gasteiger partial charge in [0.1, 0.15) is 0 Å². The Bertz CT molecular complexity index is 566. The van der Waals surface area contributed by atoms with Crippen LogP contribution >= 0.6 is 11.6 Å². The van der Waals surface area contributed by atoms with Crippen molar-refractivity contribution in [1.82, 2.24) is 0 Å². The second-order valence-electron chi connectivity index (χ2n) is 4.81. The standard InChI is InChI=1S/C16H19ClN2/c1-12-8-13(10-18)6-7-16(12)19(2)11-14-4-3-5-15(17)9-14/h3-9H,10-11,18H2,1-2H3. The van der Waals surface area contributed by atoms with E-state index in [4.69, 9.17) is 17.3 Å². The van der Waals surface area contributed by atoms with Crippen molar-refractivity contribution in [1.29, 1.82) is 0 Å². The van der Waals surface area contributed by atoms with Gasteiger partial charge in [0.05, 0.1) is 0 Å². The molecule has 100 valence electrons. The van der Waals surface area contributed by atoms with Crippen molar-refractivity contribution in [3.63, 3.8) is 0 Å². The van der Waals surface area contributed by atoms with E-state index in [1.54, 1.807) is 0 Å². The minimum atomic E-state index is 0.582. The highest BCUT2D eigenvalue weighted by Gasteiger charge is 2.06. The fourth-order valence-corrected chi connectivity index (χ4v) is 2.48. The van der Waals surface area contributed by atoms with Crippen LogP contribution < -0.4 is 10.6 Å². The summed E-state index contributed by atoms with van der Waals surface area (Å²) in [6.45, 7) is 3.53. The second kappa shape index (κ2) is 6.09. The maximum atomic E-state index is 6.01. The molecule has 0 spiro atoms. The van der Waals surface area contributed by atoms with E-state index >= 15 is 0 Å². The summed E-state index contributed by atoms with van der Waals surface area (Å²) < 4.78 is 0. The molecule has 2 N–H and O–H groups in total. The number of hydrogen-bond donors (Lipinski definition) is 1. The number of hydrogen-bond acceptors (Lipinski definition) is 2. The normalized spacial score (nSPS) is 10.5. The van der Waals surface area contributed by atoms with Gasteiger partial charge in [-0.2, -0.15) is 0 Å². The zero-order chi connectivity index (χ0) is 13.8. The van der Waals surface area contributed by atoms with E-state index in [0.29, 0.717) is 6.54 Å². The highest BCUT2D eigenvalue weighted by molar-refractivity contribution is 6.30. The third kappa shape index (κ3) is 3.49. The molecule has 19 heavy (non-hydrogen) atoms. The number of benzene rings is 2. The summed E-state index contributed by atoms with van der Waals surface area (Å²) in [5.41, 5.74) is 10.5. The number of aryl methyl sites for hydroxylation is 1. The van der Waals surface area contributed by atoms with Gasteiger partial charge in [-0.15, -0.1) is 0 Å². The van der Waals surface area contributed by atoms with Gasteiger partial charge in [0.2, 0.25) is 0 Å². The summed E-state index contributed by atoms with van der Waals surface area (Å²) in [5.74, 6) is 0. The SMILES string of the molecule is Cc1cc(CN)ccc1N(C)Cc1cccc(Cl)c1. The van der Waals surface area contributed by atoms with Gasteiger partial charge in [0, 0.05) is 30.8 Å². The van der Waals surface area contributed by atoms with Crippen LogP contribution in [0, 0.1) is 6.92 Å². The highest BCUT2D eigenvalue weighted by atomic mass is 35.5. The number of rotatable bonds is 4. The molecule has 0 fully saturated rings. The quantitative estimate of drug-likeness (QED) is 0.920. The van der Waals surface area contributed by atoms with E-state index in [9.17, 15) is 0 Å². The Labute approximate surface area is 119 Å². The molecule has 0 amide bonds. The Balaban J connectivity index is 2.18.